The number of likely N-dealkylation sites (tertiary alicyclic amines) is 2. The molecule has 2 saturated heterocycles. The van der Waals surface area contributed by atoms with E-state index in [1.54, 1.807) is 0 Å². The molecule has 0 aromatic rings. The Morgan fingerprint density at radius 3 is 1.30 bits per heavy atom. The fraction of sp³-hybridized carbons (Fsp3) is 0.917. The summed E-state index contributed by atoms with van der Waals surface area (Å²) in [6.07, 6.45) is 4.21. The van der Waals surface area contributed by atoms with Gasteiger partial charge >= 0.3 is 11.9 Å². The first-order valence-corrected chi connectivity index (χ1v) is 12.3. The predicted octanol–water partition coefficient (Wildman–Crippen LogP) is 1.27. The average Bonchev–Trinajstić information content (AvgIpc) is 2.68. The maximum Gasteiger partial charge on any atom is 0.324 e. The van der Waals surface area contributed by atoms with E-state index in [2.05, 4.69) is 9.80 Å². The summed E-state index contributed by atoms with van der Waals surface area (Å²) >= 11 is 0. The van der Waals surface area contributed by atoms with Gasteiger partial charge in [0.2, 0.25) is 0 Å². The Hall–Kier alpha value is -1.26. The van der Waals surface area contributed by atoms with Crippen molar-refractivity contribution in [1.82, 2.24) is 9.80 Å². The van der Waals surface area contributed by atoms with Crippen LogP contribution in [0.2, 0.25) is 0 Å². The highest BCUT2D eigenvalue weighted by Gasteiger charge is 2.30. The number of ether oxygens (including phenoxy) is 3. The van der Waals surface area contributed by atoms with E-state index < -0.39 is 23.3 Å². The van der Waals surface area contributed by atoms with Crippen molar-refractivity contribution < 1.29 is 23.8 Å². The van der Waals surface area contributed by atoms with E-state index >= 15 is 0 Å². The van der Waals surface area contributed by atoms with Gasteiger partial charge in [-0.25, -0.2) is 0 Å². The van der Waals surface area contributed by atoms with Crippen LogP contribution in [-0.2, 0) is 23.8 Å². The zero-order valence-corrected chi connectivity index (χ0v) is 21.5. The number of carbonyl (C=O) groups is 2. The molecular weight excluding hydrogens is 424 g/mol. The van der Waals surface area contributed by atoms with Gasteiger partial charge < -0.3 is 35.5 Å². The lowest BCUT2D eigenvalue weighted by molar-refractivity contribution is -0.158. The van der Waals surface area contributed by atoms with E-state index in [4.69, 9.17) is 25.7 Å². The zero-order chi connectivity index (χ0) is 24.8. The molecule has 9 heteroatoms. The quantitative estimate of drug-likeness (QED) is 0.505. The molecule has 33 heavy (non-hydrogen) atoms. The first-order chi connectivity index (χ1) is 15.2. The van der Waals surface area contributed by atoms with Gasteiger partial charge in [0, 0.05) is 39.3 Å². The smallest absolute Gasteiger partial charge is 0.324 e. The van der Waals surface area contributed by atoms with Crippen LogP contribution in [0.1, 0.15) is 67.2 Å². The Morgan fingerprint density at radius 2 is 1.03 bits per heavy atom. The summed E-state index contributed by atoms with van der Waals surface area (Å²) < 4.78 is 17.1. The number of esters is 2. The molecule has 0 bridgehead atoms. The van der Waals surface area contributed by atoms with E-state index in [1.165, 1.54) is 0 Å². The first kappa shape index (κ1) is 28.0. The molecule has 192 valence electrons. The van der Waals surface area contributed by atoms with Crippen molar-refractivity contribution in [2.75, 3.05) is 39.3 Å². The topological polar surface area (TPSA) is 120 Å². The summed E-state index contributed by atoms with van der Waals surface area (Å²) in [5, 5.41) is 0. The van der Waals surface area contributed by atoms with Gasteiger partial charge in [-0.05, 0) is 67.2 Å². The number of piperidine rings is 2. The first-order valence-electron chi connectivity index (χ1n) is 12.3. The molecule has 0 amide bonds. The molecule has 0 aromatic heterocycles. The van der Waals surface area contributed by atoms with E-state index in [0.717, 1.165) is 51.9 Å². The van der Waals surface area contributed by atoms with Gasteiger partial charge in [-0.1, -0.05) is 0 Å². The number of nitrogens with two attached hydrogens (primary N) is 2. The van der Waals surface area contributed by atoms with E-state index in [-0.39, 0.29) is 24.1 Å². The van der Waals surface area contributed by atoms with Crippen molar-refractivity contribution in [3.63, 3.8) is 0 Å². The highest BCUT2D eigenvalue weighted by Crippen LogP contribution is 2.21. The molecule has 0 spiro atoms. The molecule has 2 aliphatic rings. The minimum Gasteiger partial charge on any atom is -0.459 e. The van der Waals surface area contributed by atoms with Crippen LogP contribution in [0.15, 0.2) is 0 Å². The summed E-state index contributed by atoms with van der Waals surface area (Å²) in [7, 11) is 0. The average molecular weight is 471 g/mol. The maximum absolute atomic E-state index is 12.1. The highest BCUT2D eigenvalue weighted by molar-refractivity contribution is 5.76. The van der Waals surface area contributed by atoms with Gasteiger partial charge in [-0.3, -0.25) is 9.59 Å². The Labute approximate surface area is 199 Å². The summed E-state index contributed by atoms with van der Waals surface area (Å²) in [6.45, 7) is 15.6. The molecular formula is C24H46N4O5. The number of carbonyl (C=O) groups excluding carboxylic acids is 2. The van der Waals surface area contributed by atoms with E-state index in [1.807, 2.05) is 41.5 Å². The van der Waals surface area contributed by atoms with Crippen molar-refractivity contribution in [3.05, 3.63) is 0 Å². The second-order valence-corrected chi connectivity index (χ2v) is 11.4. The molecule has 2 fully saturated rings. The third-order valence-corrected chi connectivity index (χ3v) is 5.78. The molecule has 0 aromatic carbocycles. The molecule has 2 rings (SSSR count). The Morgan fingerprint density at radius 1 is 0.727 bits per heavy atom. The SMILES string of the molecule is CC(C)(C)OC(=O)C(N)CN1CCC(OC2CCN(CC(N)C(=O)OC(C)(C)C)CC2)CC1. The normalized spacial score (nSPS) is 22.1. The second kappa shape index (κ2) is 11.9. The van der Waals surface area contributed by atoms with Gasteiger partial charge in [-0.2, -0.15) is 0 Å². The molecule has 2 unspecified atom stereocenters. The lowest BCUT2D eigenvalue weighted by atomic mass is 10.0. The van der Waals surface area contributed by atoms with Gasteiger partial charge in [0.15, 0.2) is 0 Å². The molecule has 2 heterocycles. The van der Waals surface area contributed by atoms with Crippen LogP contribution >= 0.6 is 0 Å². The predicted molar refractivity (Wildman–Crippen MR) is 128 cm³/mol. The monoisotopic (exact) mass is 470 g/mol. The summed E-state index contributed by atoms with van der Waals surface area (Å²) in [5.74, 6) is -0.696. The van der Waals surface area contributed by atoms with Crippen LogP contribution in [0.25, 0.3) is 0 Å². The van der Waals surface area contributed by atoms with Gasteiger partial charge in [-0.15, -0.1) is 0 Å². The second-order valence-electron chi connectivity index (χ2n) is 11.4. The standard InChI is InChI=1S/C24H46N4O5/c1-23(2,3)32-21(29)19(25)15-27-11-7-17(8-12-27)31-18-9-13-28(14-10-18)16-20(26)22(30)33-24(4,5)6/h17-20H,7-16,25-26H2,1-6H3. The van der Waals surface area contributed by atoms with Gasteiger partial charge in [0.1, 0.15) is 23.3 Å². The number of nitrogens with zero attached hydrogens (tertiary/aromatic N) is 2. The molecule has 4 N–H and O–H groups in total. The Balaban J connectivity index is 1.64. The lowest BCUT2D eigenvalue weighted by Gasteiger charge is -2.38. The van der Waals surface area contributed by atoms with Crippen molar-refractivity contribution >= 4 is 11.9 Å². The van der Waals surface area contributed by atoms with Gasteiger partial charge in [0.05, 0.1) is 12.2 Å². The number of hydrogen-bond acceptors (Lipinski definition) is 9. The Kier molecular flexibility index (Phi) is 10.1. The van der Waals surface area contributed by atoms with Crippen molar-refractivity contribution in [1.29, 1.82) is 0 Å². The molecule has 0 radical (unpaired) electrons. The maximum atomic E-state index is 12.1. The third-order valence-electron chi connectivity index (χ3n) is 5.78. The van der Waals surface area contributed by atoms with Crippen molar-refractivity contribution in [3.8, 4) is 0 Å². The molecule has 0 aliphatic carbocycles. The van der Waals surface area contributed by atoms with Crippen LogP contribution < -0.4 is 11.5 Å². The van der Waals surface area contributed by atoms with Crippen molar-refractivity contribution in [2.24, 2.45) is 11.5 Å². The zero-order valence-electron chi connectivity index (χ0n) is 21.5. The van der Waals surface area contributed by atoms with Crippen LogP contribution in [0.4, 0.5) is 0 Å². The minimum atomic E-state index is -0.627. The molecule has 2 aliphatic heterocycles. The highest BCUT2D eigenvalue weighted by atomic mass is 16.6. The van der Waals surface area contributed by atoms with Crippen LogP contribution in [-0.4, -0.2) is 96.5 Å². The number of hydrogen-bond donors (Lipinski definition) is 2. The lowest BCUT2D eigenvalue weighted by Crippen LogP contribution is -2.50. The van der Waals surface area contributed by atoms with Crippen LogP contribution in [0.5, 0.6) is 0 Å². The van der Waals surface area contributed by atoms with E-state index in [0.29, 0.717) is 13.1 Å². The molecule has 0 saturated carbocycles. The fourth-order valence-electron chi connectivity index (χ4n) is 4.19. The summed E-state index contributed by atoms with van der Waals surface area (Å²) in [4.78, 5) is 28.7. The third kappa shape index (κ3) is 10.7. The summed E-state index contributed by atoms with van der Waals surface area (Å²) in [5.41, 5.74) is 11.0. The van der Waals surface area contributed by atoms with E-state index in [9.17, 15) is 9.59 Å². The molecule has 9 nitrogen and oxygen atoms in total. The van der Waals surface area contributed by atoms with Crippen molar-refractivity contribution in [2.45, 2.75) is 103 Å². The van der Waals surface area contributed by atoms with Gasteiger partial charge in [0.25, 0.3) is 0 Å². The fourth-order valence-corrected chi connectivity index (χ4v) is 4.19. The van der Waals surface area contributed by atoms with Crippen LogP contribution in [0, 0.1) is 0 Å². The minimum absolute atomic E-state index is 0.236. The van der Waals surface area contributed by atoms with Crippen LogP contribution in [0.3, 0.4) is 0 Å². The number of rotatable bonds is 8. The summed E-state index contributed by atoms with van der Waals surface area (Å²) in [6, 6.07) is -1.25. The largest absolute Gasteiger partial charge is 0.459 e. The Bertz CT molecular complexity index is 576. The molecule has 2 atom stereocenters.